The predicted molar refractivity (Wildman–Crippen MR) is 127 cm³/mol. The van der Waals surface area contributed by atoms with Crippen molar-refractivity contribution < 1.29 is 9.53 Å². The molecule has 2 N–H and O–H groups in total. The fourth-order valence-corrected chi connectivity index (χ4v) is 4.83. The number of hydrogen-bond acceptors (Lipinski definition) is 4. The number of methoxy groups -OCH3 is 1. The van der Waals surface area contributed by atoms with E-state index in [1.165, 1.54) is 6.42 Å². The second kappa shape index (κ2) is 10.1. The summed E-state index contributed by atoms with van der Waals surface area (Å²) in [6, 6.07) is 5.37. The van der Waals surface area contributed by atoms with Crippen LogP contribution in [0.2, 0.25) is 0 Å². The summed E-state index contributed by atoms with van der Waals surface area (Å²) in [7, 11) is 1.63. The van der Waals surface area contributed by atoms with Gasteiger partial charge in [-0.2, -0.15) is 0 Å². The van der Waals surface area contributed by atoms with Crippen LogP contribution < -0.4 is 10.9 Å². The Morgan fingerprint density at radius 3 is 2.65 bits per heavy atom. The minimum absolute atomic E-state index is 0.0938. The SMILES string of the molecule is CCC(C)(C)C1CCC(NC(=O)c2ccc3c(=O)n(CCCOC)c(=S)[nH]c3c2)CC1. The topological polar surface area (TPSA) is 76.1 Å². The molecule has 170 valence electrons. The third kappa shape index (κ3) is 5.44. The van der Waals surface area contributed by atoms with Gasteiger partial charge in [-0.1, -0.05) is 27.2 Å². The summed E-state index contributed by atoms with van der Waals surface area (Å²) in [6.07, 6.45) is 6.22. The molecule has 31 heavy (non-hydrogen) atoms. The molecular weight excluding hydrogens is 410 g/mol. The molecule has 7 heteroatoms. The highest BCUT2D eigenvalue weighted by Gasteiger charge is 2.32. The fourth-order valence-electron chi connectivity index (χ4n) is 4.54. The highest BCUT2D eigenvalue weighted by atomic mass is 32.1. The Morgan fingerprint density at radius 1 is 1.29 bits per heavy atom. The number of nitrogens with one attached hydrogen (secondary N) is 2. The average molecular weight is 446 g/mol. The van der Waals surface area contributed by atoms with Gasteiger partial charge in [-0.05, 0) is 73.9 Å². The number of carbonyl (C=O) groups is 1. The van der Waals surface area contributed by atoms with Crippen molar-refractivity contribution in [2.24, 2.45) is 11.3 Å². The lowest BCUT2D eigenvalue weighted by molar-refractivity contribution is 0.0893. The maximum absolute atomic E-state index is 12.9. The number of aromatic nitrogens is 2. The number of fused-ring (bicyclic) bond motifs is 1. The van der Waals surface area contributed by atoms with E-state index < -0.39 is 0 Å². The lowest BCUT2D eigenvalue weighted by atomic mass is 9.69. The van der Waals surface area contributed by atoms with Crippen LogP contribution >= 0.6 is 12.2 Å². The van der Waals surface area contributed by atoms with Gasteiger partial charge in [-0.25, -0.2) is 0 Å². The Kier molecular flexibility index (Phi) is 7.70. The minimum atomic E-state index is -0.140. The van der Waals surface area contributed by atoms with Gasteiger partial charge in [0.15, 0.2) is 4.77 Å². The highest BCUT2D eigenvalue weighted by molar-refractivity contribution is 7.71. The van der Waals surface area contributed by atoms with Gasteiger partial charge in [0.2, 0.25) is 0 Å². The van der Waals surface area contributed by atoms with Crippen molar-refractivity contribution in [3.05, 3.63) is 38.9 Å². The van der Waals surface area contributed by atoms with Gasteiger partial charge < -0.3 is 15.0 Å². The lowest BCUT2D eigenvalue weighted by Gasteiger charge is -2.39. The van der Waals surface area contributed by atoms with E-state index in [0.717, 1.165) is 31.6 Å². The molecule has 1 aromatic carbocycles. The van der Waals surface area contributed by atoms with Crippen molar-refractivity contribution in [2.45, 2.75) is 71.9 Å². The summed E-state index contributed by atoms with van der Waals surface area (Å²) in [6.45, 7) is 8.02. The molecule has 2 aromatic rings. The van der Waals surface area contributed by atoms with Crippen LogP contribution in [0.3, 0.4) is 0 Å². The van der Waals surface area contributed by atoms with Gasteiger partial charge in [0.05, 0.1) is 10.9 Å². The number of rotatable bonds is 8. The third-order valence-corrected chi connectivity index (χ3v) is 7.38. The molecule has 0 spiro atoms. The second-order valence-electron chi connectivity index (χ2n) is 9.36. The maximum atomic E-state index is 12.9. The number of hydrogen-bond donors (Lipinski definition) is 2. The monoisotopic (exact) mass is 445 g/mol. The van der Waals surface area contributed by atoms with Crippen LogP contribution in [0.5, 0.6) is 0 Å². The fraction of sp³-hybridized carbons (Fsp3) is 0.625. The molecule has 0 radical (unpaired) electrons. The van der Waals surface area contributed by atoms with Crippen molar-refractivity contribution in [3.8, 4) is 0 Å². The van der Waals surface area contributed by atoms with Crippen molar-refractivity contribution in [2.75, 3.05) is 13.7 Å². The van der Waals surface area contributed by atoms with E-state index in [2.05, 4.69) is 31.1 Å². The first-order valence-electron chi connectivity index (χ1n) is 11.3. The Morgan fingerprint density at radius 2 is 2.00 bits per heavy atom. The minimum Gasteiger partial charge on any atom is -0.385 e. The lowest BCUT2D eigenvalue weighted by Crippen LogP contribution is -2.39. The standard InChI is InChI=1S/C24H35N3O3S/c1-5-24(2,3)17-8-10-18(11-9-17)25-21(28)16-7-12-19-20(15-16)26-23(31)27(22(19)29)13-6-14-30-4/h7,12,15,17-18H,5-6,8-11,13-14H2,1-4H3,(H,25,28)(H,26,31). The van der Waals surface area contributed by atoms with Crippen LogP contribution in [0.25, 0.3) is 10.9 Å². The van der Waals surface area contributed by atoms with E-state index in [-0.39, 0.29) is 17.5 Å². The van der Waals surface area contributed by atoms with Gasteiger partial charge in [0.25, 0.3) is 11.5 Å². The number of aromatic amines is 1. The zero-order valence-corrected chi connectivity index (χ0v) is 19.9. The molecular formula is C24H35N3O3S. The third-order valence-electron chi connectivity index (χ3n) is 7.05. The maximum Gasteiger partial charge on any atom is 0.262 e. The highest BCUT2D eigenvalue weighted by Crippen LogP contribution is 2.40. The first kappa shape index (κ1) is 23.7. The molecule has 1 fully saturated rings. The zero-order valence-electron chi connectivity index (χ0n) is 19.1. The van der Waals surface area contributed by atoms with Crippen molar-refractivity contribution in [3.63, 3.8) is 0 Å². The number of H-pyrrole nitrogens is 1. The zero-order chi connectivity index (χ0) is 22.6. The normalized spacial score (nSPS) is 19.5. The Bertz CT molecular complexity index is 1030. The molecule has 0 atom stereocenters. The van der Waals surface area contributed by atoms with Crippen LogP contribution in [0.15, 0.2) is 23.0 Å². The van der Waals surface area contributed by atoms with Crippen LogP contribution in [0.1, 0.15) is 69.7 Å². The van der Waals surface area contributed by atoms with Gasteiger partial charge in [-0.3, -0.25) is 14.2 Å². The molecule has 3 rings (SSSR count). The number of carbonyl (C=O) groups excluding carboxylic acids is 1. The summed E-state index contributed by atoms with van der Waals surface area (Å²) < 4.78 is 6.97. The molecule has 6 nitrogen and oxygen atoms in total. The van der Waals surface area contributed by atoms with Gasteiger partial charge >= 0.3 is 0 Å². The van der Waals surface area contributed by atoms with E-state index in [9.17, 15) is 9.59 Å². The smallest absolute Gasteiger partial charge is 0.262 e. The number of nitrogens with zero attached hydrogens (tertiary/aromatic N) is 1. The van der Waals surface area contributed by atoms with Gasteiger partial charge in [-0.15, -0.1) is 0 Å². The summed E-state index contributed by atoms with van der Waals surface area (Å²) in [5.41, 5.74) is 1.37. The van der Waals surface area contributed by atoms with Crippen LogP contribution in [-0.4, -0.2) is 35.2 Å². The van der Waals surface area contributed by atoms with E-state index in [0.29, 0.717) is 46.2 Å². The van der Waals surface area contributed by atoms with Crippen LogP contribution in [0.4, 0.5) is 0 Å². The molecule has 1 heterocycles. The largest absolute Gasteiger partial charge is 0.385 e. The number of benzene rings is 1. The predicted octanol–water partition coefficient (Wildman–Crippen LogP) is 4.82. The Labute approximate surface area is 189 Å². The average Bonchev–Trinajstić information content (AvgIpc) is 2.76. The van der Waals surface area contributed by atoms with E-state index in [1.807, 2.05) is 0 Å². The molecule has 0 unspecified atom stereocenters. The van der Waals surface area contributed by atoms with Crippen LogP contribution in [-0.2, 0) is 11.3 Å². The number of ether oxygens (including phenoxy) is 1. The Hall–Kier alpha value is -1.99. The van der Waals surface area contributed by atoms with Gasteiger partial charge in [0.1, 0.15) is 0 Å². The summed E-state index contributed by atoms with van der Waals surface area (Å²) >= 11 is 5.37. The van der Waals surface area contributed by atoms with Crippen molar-refractivity contribution >= 4 is 29.0 Å². The summed E-state index contributed by atoms with van der Waals surface area (Å²) in [4.78, 5) is 28.8. The molecule has 1 saturated carbocycles. The van der Waals surface area contributed by atoms with E-state index in [1.54, 1.807) is 29.9 Å². The van der Waals surface area contributed by atoms with Crippen LogP contribution in [0, 0.1) is 16.1 Å². The van der Waals surface area contributed by atoms with E-state index >= 15 is 0 Å². The van der Waals surface area contributed by atoms with Crippen molar-refractivity contribution in [1.82, 2.24) is 14.9 Å². The molecule has 1 aromatic heterocycles. The van der Waals surface area contributed by atoms with Gasteiger partial charge in [0, 0.05) is 31.9 Å². The quantitative estimate of drug-likeness (QED) is 0.451. The molecule has 0 saturated heterocycles. The number of amides is 1. The second-order valence-corrected chi connectivity index (χ2v) is 9.74. The molecule has 0 aliphatic heterocycles. The Balaban J connectivity index is 1.70. The first-order valence-corrected chi connectivity index (χ1v) is 11.7. The van der Waals surface area contributed by atoms with E-state index in [4.69, 9.17) is 17.0 Å². The molecule has 0 bridgehead atoms. The summed E-state index contributed by atoms with van der Waals surface area (Å²) in [5, 5.41) is 3.72. The molecule has 1 aliphatic carbocycles. The van der Waals surface area contributed by atoms with Crippen molar-refractivity contribution in [1.29, 1.82) is 0 Å². The molecule has 1 aliphatic rings. The summed E-state index contributed by atoms with van der Waals surface area (Å²) in [5.74, 6) is 0.626. The molecule has 1 amide bonds. The first-order chi connectivity index (χ1) is 14.8.